The molecule has 0 aromatic carbocycles. The van der Waals surface area contributed by atoms with E-state index in [1.165, 1.54) is 6.07 Å². The Morgan fingerprint density at radius 3 is 2.25 bits per heavy atom. The van der Waals surface area contributed by atoms with Crippen molar-refractivity contribution in [2.75, 3.05) is 5.33 Å². The lowest BCUT2D eigenvalue weighted by molar-refractivity contribution is 0.0705. The number of halogens is 1. The molecule has 3 nitrogen and oxygen atoms in total. The first-order valence-corrected chi connectivity index (χ1v) is 3.16. The van der Waals surface area contributed by atoms with E-state index in [9.17, 15) is 0 Å². The van der Waals surface area contributed by atoms with Crippen LogP contribution in [0.4, 0.5) is 0 Å². The third-order valence-electron chi connectivity index (χ3n) is 0.655. The molecule has 0 radical (unpaired) electrons. The number of alkyl halides is 1. The Kier molecular flexibility index (Phi) is 3.79. The zero-order valence-electron chi connectivity index (χ0n) is 4.08. The number of rotatable bonds is 2. The summed E-state index contributed by atoms with van der Waals surface area (Å²) in [6.45, 7) is 0. The van der Waals surface area contributed by atoms with Gasteiger partial charge in [0.1, 0.15) is 6.10 Å². The first-order valence-electron chi connectivity index (χ1n) is 2.04. The van der Waals surface area contributed by atoms with Crippen LogP contribution in [0.5, 0.6) is 0 Å². The van der Waals surface area contributed by atoms with Gasteiger partial charge < -0.3 is 10.2 Å². The zero-order chi connectivity index (χ0) is 6.57. The highest BCUT2D eigenvalue weighted by atomic mass is 79.9. The van der Waals surface area contributed by atoms with Crippen molar-refractivity contribution in [1.29, 1.82) is 5.26 Å². The van der Waals surface area contributed by atoms with E-state index in [0.717, 1.165) is 0 Å². The zero-order valence-corrected chi connectivity index (χ0v) is 5.67. The van der Waals surface area contributed by atoms with Crippen LogP contribution in [-0.2, 0) is 0 Å². The van der Waals surface area contributed by atoms with E-state index in [4.69, 9.17) is 15.5 Å². The summed E-state index contributed by atoms with van der Waals surface area (Å²) in [4.78, 5) is 0. The van der Waals surface area contributed by atoms with Crippen LogP contribution in [0, 0.1) is 11.3 Å². The van der Waals surface area contributed by atoms with Gasteiger partial charge in [-0.15, -0.1) is 0 Å². The fraction of sp³-hybridized carbons (Fsp3) is 0.750. The molecule has 0 aromatic heterocycles. The summed E-state index contributed by atoms with van der Waals surface area (Å²) >= 11 is 2.90. The van der Waals surface area contributed by atoms with Crippen molar-refractivity contribution in [3.63, 3.8) is 0 Å². The van der Waals surface area contributed by atoms with Gasteiger partial charge in [-0.25, -0.2) is 0 Å². The van der Waals surface area contributed by atoms with E-state index in [0.29, 0.717) is 0 Å². The summed E-state index contributed by atoms with van der Waals surface area (Å²) in [5.41, 5.74) is 0. The monoisotopic (exact) mass is 179 g/mol. The quantitative estimate of drug-likeness (QED) is 0.450. The summed E-state index contributed by atoms with van der Waals surface area (Å²) in [5.74, 6) is 0. The minimum atomic E-state index is -1.27. The highest BCUT2D eigenvalue weighted by molar-refractivity contribution is 9.09. The molecule has 8 heavy (non-hydrogen) atoms. The van der Waals surface area contributed by atoms with E-state index in [1.807, 2.05) is 0 Å². The van der Waals surface area contributed by atoms with E-state index in [1.54, 1.807) is 0 Å². The molecule has 0 spiro atoms. The predicted octanol–water partition coefficient (Wildman–Crippen LogP) is -0.373. The SMILES string of the molecule is N#C[C@@H](O)[C@H](O)CBr. The normalized spacial score (nSPS) is 16.8. The molecule has 0 bridgehead atoms. The van der Waals surface area contributed by atoms with E-state index >= 15 is 0 Å². The summed E-state index contributed by atoms with van der Waals surface area (Å²) in [6.07, 6.45) is -2.24. The molecule has 2 N–H and O–H groups in total. The van der Waals surface area contributed by atoms with Crippen LogP contribution >= 0.6 is 15.9 Å². The molecule has 0 amide bonds. The molecular formula is C4H6BrNO2. The molecule has 0 heterocycles. The maximum Gasteiger partial charge on any atom is 0.167 e. The molecule has 0 aliphatic rings. The van der Waals surface area contributed by atoms with Crippen molar-refractivity contribution in [3.05, 3.63) is 0 Å². The lowest BCUT2D eigenvalue weighted by Gasteiger charge is -2.04. The Bertz CT molecular complexity index is 101. The molecule has 0 rings (SSSR count). The summed E-state index contributed by atoms with van der Waals surface area (Å²) in [5, 5.41) is 25.3. The van der Waals surface area contributed by atoms with Gasteiger partial charge in [-0.3, -0.25) is 0 Å². The van der Waals surface area contributed by atoms with Gasteiger partial charge in [0, 0.05) is 5.33 Å². The summed E-state index contributed by atoms with van der Waals surface area (Å²) in [7, 11) is 0. The van der Waals surface area contributed by atoms with E-state index < -0.39 is 12.2 Å². The topological polar surface area (TPSA) is 64.2 Å². The lowest BCUT2D eigenvalue weighted by atomic mass is 10.3. The first-order chi connectivity index (χ1) is 3.72. The molecule has 0 saturated heterocycles. The summed E-state index contributed by atoms with van der Waals surface area (Å²) < 4.78 is 0. The van der Waals surface area contributed by atoms with Crippen molar-refractivity contribution >= 4 is 15.9 Å². The van der Waals surface area contributed by atoms with Crippen LogP contribution in [0.15, 0.2) is 0 Å². The molecule has 0 unspecified atom stereocenters. The Labute approximate surface area is 55.7 Å². The van der Waals surface area contributed by atoms with Gasteiger partial charge in [0.25, 0.3) is 0 Å². The highest BCUT2D eigenvalue weighted by Gasteiger charge is 2.11. The number of hydrogen-bond donors (Lipinski definition) is 2. The van der Waals surface area contributed by atoms with E-state index in [-0.39, 0.29) is 5.33 Å². The fourth-order valence-electron chi connectivity index (χ4n) is 0.170. The Morgan fingerprint density at radius 1 is 1.62 bits per heavy atom. The maximum atomic E-state index is 8.61. The van der Waals surface area contributed by atoms with E-state index in [2.05, 4.69) is 15.9 Å². The molecular weight excluding hydrogens is 174 g/mol. The van der Waals surface area contributed by atoms with Crippen molar-refractivity contribution in [1.82, 2.24) is 0 Å². The molecule has 0 aromatic rings. The van der Waals surface area contributed by atoms with Crippen molar-refractivity contribution in [3.8, 4) is 6.07 Å². The Hall–Kier alpha value is -0.110. The van der Waals surface area contributed by atoms with Gasteiger partial charge in [0.05, 0.1) is 6.07 Å². The number of nitrogens with zero attached hydrogens (tertiary/aromatic N) is 1. The largest absolute Gasteiger partial charge is 0.388 e. The lowest BCUT2D eigenvalue weighted by Crippen LogP contribution is -2.25. The van der Waals surface area contributed by atoms with Crippen molar-refractivity contribution < 1.29 is 10.2 Å². The van der Waals surface area contributed by atoms with Gasteiger partial charge in [0.15, 0.2) is 6.10 Å². The van der Waals surface area contributed by atoms with Gasteiger partial charge in [-0.2, -0.15) is 5.26 Å². The van der Waals surface area contributed by atoms with Crippen LogP contribution in [-0.4, -0.2) is 27.8 Å². The predicted molar refractivity (Wildman–Crippen MR) is 31.4 cm³/mol. The molecule has 0 aliphatic heterocycles. The van der Waals surface area contributed by atoms with Crippen LogP contribution in [0.25, 0.3) is 0 Å². The second-order valence-corrected chi connectivity index (χ2v) is 1.94. The van der Waals surface area contributed by atoms with Crippen molar-refractivity contribution in [2.24, 2.45) is 0 Å². The molecule has 4 heteroatoms. The molecule has 0 aliphatic carbocycles. The van der Waals surface area contributed by atoms with Crippen LogP contribution in [0.1, 0.15) is 0 Å². The number of aliphatic hydroxyl groups is 2. The molecule has 0 fully saturated rings. The highest BCUT2D eigenvalue weighted by Crippen LogP contribution is 1.94. The Morgan fingerprint density at radius 2 is 2.12 bits per heavy atom. The second-order valence-electron chi connectivity index (χ2n) is 1.30. The summed E-state index contributed by atoms with van der Waals surface area (Å²) in [6, 6.07) is 1.49. The van der Waals surface area contributed by atoms with Crippen molar-refractivity contribution in [2.45, 2.75) is 12.2 Å². The average Bonchev–Trinajstić information content (AvgIpc) is 1.84. The van der Waals surface area contributed by atoms with Gasteiger partial charge in [-0.1, -0.05) is 15.9 Å². The third kappa shape index (κ3) is 2.26. The van der Waals surface area contributed by atoms with Crippen LogP contribution in [0.3, 0.4) is 0 Å². The fourth-order valence-corrected chi connectivity index (χ4v) is 0.525. The maximum absolute atomic E-state index is 8.61. The first kappa shape index (κ1) is 7.89. The minimum absolute atomic E-state index is 0.224. The minimum Gasteiger partial charge on any atom is -0.388 e. The van der Waals surface area contributed by atoms with Gasteiger partial charge in [0.2, 0.25) is 0 Å². The molecule has 2 atom stereocenters. The van der Waals surface area contributed by atoms with Gasteiger partial charge in [-0.05, 0) is 0 Å². The third-order valence-corrected chi connectivity index (χ3v) is 1.32. The molecule has 0 saturated carbocycles. The standard InChI is InChI=1S/C4H6BrNO2/c5-1-3(7)4(8)2-6/h3-4,7-8H,1H2/t3-,4-/m1/s1. The number of nitriles is 1. The Balaban J connectivity index is 3.49. The van der Waals surface area contributed by atoms with Crippen LogP contribution in [0.2, 0.25) is 0 Å². The average molecular weight is 180 g/mol. The van der Waals surface area contributed by atoms with Gasteiger partial charge >= 0.3 is 0 Å². The smallest absolute Gasteiger partial charge is 0.167 e. The van der Waals surface area contributed by atoms with Crippen LogP contribution < -0.4 is 0 Å². The molecule has 46 valence electrons. The number of hydrogen-bond acceptors (Lipinski definition) is 3. The second kappa shape index (κ2) is 3.84. The number of aliphatic hydroxyl groups excluding tert-OH is 2.